The number of hydrogen-bond donors (Lipinski definition) is 1. The molecule has 136 valence electrons. The lowest BCUT2D eigenvalue weighted by Gasteiger charge is -2.13. The summed E-state index contributed by atoms with van der Waals surface area (Å²) >= 11 is 3.00. The van der Waals surface area contributed by atoms with Gasteiger partial charge in [-0.3, -0.25) is 4.79 Å². The Bertz CT molecular complexity index is 844. The molecule has 1 N–H and O–H groups in total. The number of carbonyl (C=O) groups excluding carboxylic acids is 1. The Morgan fingerprint density at radius 2 is 2.04 bits per heavy atom. The molecule has 3 aromatic rings. The van der Waals surface area contributed by atoms with E-state index in [2.05, 4.69) is 15.2 Å². The van der Waals surface area contributed by atoms with Gasteiger partial charge >= 0.3 is 0 Å². The highest BCUT2D eigenvalue weighted by Crippen LogP contribution is 2.32. The third-order valence-electron chi connectivity index (χ3n) is 3.62. The first kappa shape index (κ1) is 18.6. The average Bonchev–Trinajstić information content (AvgIpc) is 3.27. The first-order valence-electron chi connectivity index (χ1n) is 8.26. The molecule has 0 atom stereocenters. The van der Waals surface area contributed by atoms with Gasteiger partial charge in [-0.05, 0) is 37.7 Å². The van der Waals surface area contributed by atoms with E-state index < -0.39 is 0 Å². The Balaban J connectivity index is 1.66. The lowest BCUT2D eigenvalue weighted by Crippen LogP contribution is -2.19. The molecule has 0 spiro atoms. The summed E-state index contributed by atoms with van der Waals surface area (Å²) in [5, 5.41) is 7.39. The number of aromatic nitrogens is 1. The molecule has 0 bridgehead atoms. The molecule has 0 aliphatic rings. The molecule has 0 aliphatic carbocycles. The molecule has 0 aliphatic heterocycles. The number of nitrogens with zero attached hydrogens (tertiary/aromatic N) is 2. The molecule has 2 heterocycles. The third-order valence-corrected chi connectivity index (χ3v) is 5.26. The molecule has 0 unspecified atom stereocenters. The number of anilines is 1. The molecule has 2 aromatic heterocycles. The van der Waals surface area contributed by atoms with Crippen molar-refractivity contribution in [2.45, 2.75) is 6.42 Å². The summed E-state index contributed by atoms with van der Waals surface area (Å²) in [5.74, 6) is 0.750. The normalized spacial score (nSPS) is 10.9. The monoisotopic (exact) mass is 387 g/mol. The quantitative estimate of drug-likeness (QED) is 0.635. The molecule has 1 amide bonds. The summed E-state index contributed by atoms with van der Waals surface area (Å²) in [5.41, 5.74) is 1.74. The van der Waals surface area contributed by atoms with Gasteiger partial charge in [0.15, 0.2) is 5.13 Å². The van der Waals surface area contributed by atoms with Crippen LogP contribution in [0.4, 0.5) is 5.13 Å². The predicted molar refractivity (Wildman–Crippen MR) is 108 cm³/mol. The van der Waals surface area contributed by atoms with Crippen LogP contribution >= 0.6 is 22.7 Å². The second-order valence-corrected chi connectivity index (χ2v) is 7.88. The molecule has 0 fully saturated rings. The number of ether oxygens (including phenoxy) is 1. The highest BCUT2D eigenvalue weighted by Gasteiger charge is 2.12. The van der Waals surface area contributed by atoms with Crippen molar-refractivity contribution in [2.24, 2.45) is 0 Å². The van der Waals surface area contributed by atoms with E-state index in [9.17, 15) is 4.79 Å². The van der Waals surface area contributed by atoms with E-state index in [-0.39, 0.29) is 5.91 Å². The number of thiophene rings is 1. The van der Waals surface area contributed by atoms with Crippen molar-refractivity contribution in [3.63, 3.8) is 0 Å². The van der Waals surface area contributed by atoms with Gasteiger partial charge in [0.25, 0.3) is 0 Å². The smallest absolute Gasteiger partial charge is 0.231 e. The zero-order valence-corrected chi connectivity index (χ0v) is 16.4. The lowest BCUT2D eigenvalue weighted by atomic mass is 10.1. The van der Waals surface area contributed by atoms with Crippen molar-refractivity contribution in [3.05, 3.63) is 52.0 Å². The van der Waals surface area contributed by atoms with Crippen LogP contribution in [-0.2, 0) is 11.2 Å². The summed E-state index contributed by atoms with van der Waals surface area (Å²) in [6, 6.07) is 11.7. The van der Waals surface area contributed by atoms with Gasteiger partial charge in [-0.1, -0.05) is 18.2 Å². The van der Waals surface area contributed by atoms with E-state index in [0.29, 0.717) is 18.2 Å². The standard InChI is InChI=1S/C19H21N3O2S2/c1-22(2)9-10-24-17-8-4-3-7-15(17)16-13-26-19(20-16)21-18(23)12-14-6-5-11-25-14/h3-8,11,13H,9-10,12H2,1-2H3,(H,20,21,23). The van der Waals surface area contributed by atoms with Gasteiger partial charge in [0, 0.05) is 22.4 Å². The van der Waals surface area contributed by atoms with Crippen LogP contribution in [0.3, 0.4) is 0 Å². The maximum absolute atomic E-state index is 12.1. The molecule has 0 saturated carbocycles. The number of para-hydroxylation sites is 1. The molecule has 5 nitrogen and oxygen atoms in total. The van der Waals surface area contributed by atoms with Gasteiger partial charge < -0.3 is 15.0 Å². The molecular formula is C19H21N3O2S2. The Labute approximate surface area is 161 Å². The lowest BCUT2D eigenvalue weighted by molar-refractivity contribution is -0.115. The molecular weight excluding hydrogens is 366 g/mol. The first-order chi connectivity index (χ1) is 12.6. The van der Waals surface area contributed by atoms with Crippen LogP contribution in [0.5, 0.6) is 5.75 Å². The summed E-state index contributed by atoms with van der Waals surface area (Å²) in [4.78, 5) is 19.8. The van der Waals surface area contributed by atoms with Gasteiger partial charge in [-0.25, -0.2) is 4.98 Å². The number of hydrogen-bond acceptors (Lipinski definition) is 6. The molecule has 0 radical (unpaired) electrons. The van der Waals surface area contributed by atoms with Crippen LogP contribution in [0.2, 0.25) is 0 Å². The van der Waals surface area contributed by atoms with Crippen LogP contribution in [0.1, 0.15) is 4.88 Å². The maximum atomic E-state index is 12.1. The number of nitrogens with one attached hydrogen (secondary N) is 1. The Hall–Kier alpha value is -2.22. The first-order valence-corrected chi connectivity index (χ1v) is 10.0. The Morgan fingerprint density at radius 1 is 1.19 bits per heavy atom. The van der Waals surface area contributed by atoms with Crippen molar-refractivity contribution in [1.82, 2.24) is 9.88 Å². The molecule has 1 aromatic carbocycles. The number of rotatable bonds is 8. The molecule has 3 rings (SSSR count). The van der Waals surface area contributed by atoms with Crippen LogP contribution in [0, 0.1) is 0 Å². The second kappa shape index (κ2) is 8.93. The van der Waals surface area contributed by atoms with E-state index in [1.54, 1.807) is 11.3 Å². The van der Waals surface area contributed by atoms with E-state index >= 15 is 0 Å². The summed E-state index contributed by atoms with van der Waals surface area (Å²) in [6.45, 7) is 1.45. The fraction of sp³-hybridized carbons (Fsp3) is 0.263. The third kappa shape index (κ3) is 5.14. The summed E-state index contributed by atoms with van der Waals surface area (Å²) < 4.78 is 5.90. The number of carbonyl (C=O) groups is 1. The molecule has 7 heteroatoms. The van der Waals surface area contributed by atoms with Crippen molar-refractivity contribution in [1.29, 1.82) is 0 Å². The van der Waals surface area contributed by atoms with Crippen LogP contribution < -0.4 is 10.1 Å². The summed E-state index contributed by atoms with van der Waals surface area (Å²) in [6.07, 6.45) is 0.372. The van der Waals surface area contributed by atoms with E-state index in [0.717, 1.165) is 28.4 Å². The van der Waals surface area contributed by atoms with Crippen LogP contribution in [0.15, 0.2) is 47.2 Å². The topological polar surface area (TPSA) is 54.5 Å². The zero-order valence-electron chi connectivity index (χ0n) is 14.8. The van der Waals surface area contributed by atoms with Gasteiger partial charge in [0.2, 0.25) is 5.91 Å². The number of likely N-dealkylation sites (N-methyl/N-ethyl adjacent to an activating group) is 1. The largest absolute Gasteiger partial charge is 0.492 e. The van der Waals surface area contributed by atoms with E-state index in [4.69, 9.17) is 4.74 Å². The van der Waals surface area contributed by atoms with Gasteiger partial charge in [0.1, 0.15) is 12.4 Å². The maximum Gasteiger partial charge on any atom is 0.231 e. The van der Waals surface area contributed by atoms with Crippen molar-refractivity contribution < 1.29 is 9.53 Å². The SMILES string of the molecule is CN(C)CCOc1ccccc1-c1csc(NC(=O)Cc2cccs2)n1. The highest BCUT2D eigenvalue weighted by molar-refractivity contribution is 7.14. The average molecular weight is 388 g/mol. The van der Waals surface area contributed by atoms with Crippen molar-refractivity contribution in [3.8, 4) is 17.0 Å². The van der Waals surface area contributed by atoms with Gasteiger partial charge in [-0.2, -0.15) is 0 Å². The number of benzene rings is 1. The predicted octanol–water partition coefficient (Wildman–Crippen LogP) is 3.99. The fourth-order valence-electron chi connectivity index (χ4n) is 2.33. The summed E-state index contributed by atoms with van der Waals surface area (Å²) in [7, 11) is 4.03. The number of thiazole rings is 1. The number of amides is 1. The molecule has 0 saturated heterocycles. The highest BCUT2D eigenvalue weighted by atomic mass is 32.1. The van der Waals surface area contributed by atoms with Gasteiger partial charge in [-0.15, -0.1) is 22.7 Å². The second-order valence-electron chi connectivity index (χ2n) is 5.99. The van der Waals surface area contributed by atoms with E-state index in [1.165, 1.54) is 11.3 Å². The zero-order chi connectivity index (χ0) is 18.4. The Morgan fingerprint density at radius 3 is 2.81 bits per heavy atom. The minimum absolute atomic E-state index is 0.0520. The van der Waals surface area contributed by atoms with Crippen molar-refractivity contribution in [2.75, 3.05) is 32.6 Å². The van der Waals surface area contributed by atoms with E-state index in [1.807, 2.05) is 61.3 Å². The fourth-order valence-corrected chi connectivity index (χ4v) is 3.76. The molecule has 26 heavy (non-hydrogen) atoms. The van der Waals surface area contributed by atoms with Gasteiger partial charge in [0.05, 0.1) is 12.1 Å². The minimum atomic E-state index is -0.0520. The minimum Gasteiger partial charge on any atom is -0.492 e. The van der Waals surface area contributed by atoms with Crippen molar-refractivity contribution >= 4 is 33.7 Å². The van der Waals surface area contributed by atoms with Crippen LogP contribution in [0.25, 0.3) is 11.3 Å². The Kier molecular flexibility index (Phi) is 6.38. The van der Waals surface area contributed by atoms with Crippen LogP contribution in [-0.4, -0.2) is 43.0 Å².